The molecule has 1 saturated heterocycles. The zero-order valence-corrected chi connectivity index (χ0v) is 12.0. The van der Waals surface area contributed by atoms with Crippen molar-refractivity contribution in [3.63, 3.8) is 0 Å². The van der Waals surface area contributed by atoms with Gasteiger partial charge in [0.2, 0.25) is 0 Å². The molecule has 0 amide bonds. The fraction of sp³-hybridized carbons (Fsp3) is 0.438. The van der Waals surface area contributed by atoms with E-state index in [1.165, 1.54) is 0 Å². The fourth-order valence-electron chi connectivity index (χ4n) is 3.00. The Kier molecular flexibility index (Phi) is 3.49. The Morgan fingerprint density at radius 3 is 2.90 bits per heavy atom. The lowest BCUT2D eigenvalue weighted by atomic mass is 10.0. The smallest absolute Gasteiger partial charge is 0.136 e. The number of rotatable bonds is 3. The predicted octanol–water partition coefficient (Wildman–Crippen LogP) is 2.42. The topological polar surface area (TPSA) is 51.4 Å². The first-order valence-electron chi connectivity index (χ1n) is 7.13. The van der Waals surface area contributed by atoms with Gasteiger partial charge in [-0.1, -0.05) is 12.1 Å². The molecule has 106 valence electrons. The number of fused-ring (bicyclic) bond motifs is 1. The molecule has 2 unspecified atom stereocenters. The molecule has 0 saturated carbocycles. The van der Waals surface area contributed by atoms with Crippen LogP contribution in [0.25, 0.3) is 10.8 Å². The Hall–Kier alpha value is -1.81. The van der Waals surface area contributed by atoms with Crippen molar-refractivity contribution in [1.29, 1.82) is 0 Å². The summed E-state index contributed by atoms with van der Waals surface area (Å²) in [5.74, 6) is 2.50. The summed E-state index contributed by atoms with van der Waals surface area (Å²) in [7, 11) is 1.71. The summed E-state index contributed by atoms with van der Waals surface area (Å²) in [6, 6.07) is 8.37. The minimum Gasteiger partial charge on any atom is -0.496 e. The van der Waals surface area contributed by atoms with Crippen molar-refractivity contribution in [3.05, 3.63) is 30.5 Å². The van der Waals surface area contributed by atoms with Gasteiger partial charge in [0, 0.05) is 36.1 Å². The van der Waals surface area contributed by atoms with E-state index in [0.717, 1.165) is 41.9 Å². The van der Waals surface area contributed by atoms with Gasteiger partial charge in [0.25, 0.3) is 0 Å². The highest BCUT2D eigenvalue weighted by Crippen LogP contribution is 2.33. The zero-order valence-electron chi connectivity index (χ0n) is 12.0. The number of hydrogen-bond donors (Lipinski definition) is 1. The van der Waals surface area contributed by atoms with E-state index in [0.29, 0.717) is 5.92 Å². The van der Waals surface area contributed by atoms with Gasteiger partial charge in [-0.15, -0.1) is 0 Å². The van der Waals surface area contributed by atoms with Crippen LogP contribution in [0.5, 0.6) is 5.75 Å². The maximum absolute atomic E-state index is 6.03. The Labute approximate surface area is 119 Å². The largest absolute Gasteiger partial charge is 0.496 e. The van der Waals surface area contributed by atoms with Crippen molar-refractivity contribution in [2.75, 3.05) is 25.1 Å². The van der Waals surface area contributed by atoms with Gasteiger partial charge in [-0.2, -0.15) is 0 Å². The second-order valence-electron chi connectivity index (χ2n) is 5.54. The maximum atomic E-state index is 6.03. The highest BCUT2D eigenvalue weighted by atomic mass is 16.5. The summed E-state index contributed by atoms with van der Waals surface area (Å²) in [5.41, 5.74) is 6.03. The van der Waals surface area contributed by atoms with Crippen LogP contribution >= 0.6 is 0 Å². The van der Waals surface area contributed by atoms with Gasteiger partial charge in [0.05, 0.1) is 7.11 Å². The van der Waals surface area contributed by atoms with E-state index in [4.69, 9.17) is 10.5 Å². The van der Waals surface area contributed by atoms with Crippen molar-refractivity contribution in [2.24, 2.45) is 11.7 Å². The molecular weight excluding hydrogens is 250 g/mol. The highest BCUT2D eigenvalue weighted by molar-refractivity contribution is 5.96. The number of aromatic nitrogens is 1. The third-order valence-corrected chi connectivity index (χ3v) is 4.23. The van der Waals surface area contributed by atoms with Crippen molar-refractivity contribution in [1.82, 2.24) is 4.98 Å². The van der Waals surface area contributed by atoms with Gasteiger partial charge >= 0.3 is 0 Å². The van der Waals surface area contributed by atoms with Crippen LogP contribution < -0.4 is 15.4 Å². The lowest BCUT2D eigenvalue weighted by molar-refractivity contribution is 0.420. The molecule has 1 aromatic heterocycles. The molecule has 0 spiro atoms. The fourth-order valence-corrected chi connectivity index (χ4v) is 3.00. The number of nitrogens with two attached hydrogens (primary N) is 1. The number of benzene rings is 1. The number of anilines is 1. The first-order valence-corrected chi connectivity index (χ1v) is 7.13. The first-order chi connectivity index (χ1) is 9.70. The van der Waals surface area contributed by atoms with Crippen molar-refractivity contribution in [3.8, 4) is 5.75 Å². The molecule has 1 aliphatic heterocycles. The van der Waals surface area contributed by atoms with Gasteiger partial charge in [0.15, 0.2) is 0 Å². The summed E-state index contributed by atoms with van der Waals surface area (Å²) in [4.78, 5) is 6.93. The van der Waals surface area contributed by atoms with Crippen molar-refractivity contribution >= 4 is 16.6 Å². The Morgan fingerprint density at radius 2 is 2.20 bits per heavy atom. The van der Waals surface area contributed by atoms with Crippen LogP contribution in [0.4, 0.5) is 5.82 Å². The van der Waals surface area contributed by atoms with E-state index in [1.54, 1.807) is 7.11 Å². The van der Waals surface area contributed by atoms with Gasteiger partial charge < -0.3 is 15.4 Å². The molecule has 4 nitrogen and oxygen atoms in total. The van der Waals surface area contributed by atoms with E-state index in [-0.39, 0.29) is 6.04 Å². The van der Waals surface area contributed by atoms with Crippen molar-refractivity contribution in [2.45, 2.75) is 19.4 Å². The van der Waals surface area contributed by atoms with E-state index in [2.05, 4.69) is 22.9 Å². The minimum atomic E-state index is 0.240. The minimum absolute atomic E-state index is 0.240. The third kappa shape index (κ3) is 2.20. The molecule has 1 aliphatic rings. The van der Waals surface area contributed by atoms with Gasteiger partial charge in [-0.05, 0) is 31.4 Å². The molecule has 2 aromatic rings. The lowest BCUT2D eigenvalue weighted by Crippen LogP contribution is -2.30. The van der Waals surface area contributed by atoms with Crippen LogP contribution in [0.1, 0.15) is 13.3 Å². The molecule has 0 radical (unpaired) electrons. The van der Waals surface area contributed by atoms with E-state index in [1.807, 2.05) is 24.4 Å². The molecule has 20 heavy (non-hydrogen) atoms. The monoisotopic (exact) mass is 271 g/mol. The molecule has 1 aromatic carbocycles. The van der Waals surface area contributed by atoms with E-state index in [9.17, 15) is 0 Å². The molecule has 4 heteroatoms. The summed E-state index contributed by atoms with van der Waals surface area (Å²) in [6.07, 6.45) is 3.00. The van der Waals surface area contributed by atoms with Gasteiger partial charge in [-0.3, -0.25) is 0 Å². The number of hydrogen-bond acceptors (Lipinski definition) is 4. The van der Waals surface area contributed by atoms with Crippen molar-refractivity contribution < 1.29 is 4.74 Å². The van der Waals surface area contributed by atoms with Gasteiger partial charge in [0.1, 0.15) is 11.6 Å². The maximum Gasteiger partial charge on any atom is 0.136 e. The predicted molar refractivity (Wildman–Crippen MR) is 82.3 cm³/mol. The summed E-state index contributed by atoms with van der Waals surface area (Å²) in [5, 5.41) is 2.27. The van der Waals surface area contributed by atoms with Crippen LogP contribution in [0.3, 0.4) is 0 Å². The lowest BCUT2D eigenvalue weighted by Gasteiger charge is -2.21. The van der Waals surface area contributed by atoms with Crippen LogP contribution in [-0.4, -0.2) is 31.2 Å². The van der Waals surface area contributed by atoms with E-state index >= 15 is 0 Å². The summed E-state index contributed by atoms with van der Waals surface area (Å²) in [6.45, 7) is 4.10. The van der Waals surface area contributed by atoms with Crippen LogP contribution in [0.15, 0.2) is 30.5 Å². The normalized spacial score (nSPS) is 20.4. The van der Waals surface area contributed by atoms with E-state index < -0.39 is 0 Å². The quantitative estimate of drug-likeness (QED) is 0.931. The standard InChI is InChI=1S/C16H21N3O/c1-11(17)12-7-9-19(10-12)16-14-4-3-5-15(20-2)13(14)6-8-18-16/h3-6,8,11-12H,7,9-10,17H2,1-2H3. The summed E-state index contributed by atoms with van der Waals surface area (Å²) < 4.78 is 5.44. The second kappa shape index (κ2) is 5.29. The first kappa shape index (κ1) is 13.2. The van der Waals surface area contributed by atoms with Crippen LogP contribution in [0.2, 0.25) is 0 Å². The molecule has 0 bridgehead atoms. The number of methoxy groups -OCH3 is 1. The second-order valence-corrected chi connectivity index (χ2v) is 5.54. The Bertz CT molecular complexity index is 612. The molecule has 2 N–H and O–H groups in total. The molecule has 2 heterocycles. The zero-order chi connectivity index (χ0) is 14.1. The van der Waals surface area contributed by atoms with Crippen LogP contribution in [0, 0.1) is 5.92 Å². The number of pyridine rings is 1. The highest BCUT2D eigenvalue weighted by Gasteiger charge is 2.27. The molecule has 0 aliphatic carbocycles. The summed E-state index contributed by atoms with van der Waals surface area (Å²) >= 11 is 0. The molecule has 2 atom stereocenters. The average molecular weight is 271 g/mol. The molecule has 1 fully saturated rings. The average Bonchev–Trinajstić information content (AvgIpc) is 2.95. The molecular formula is C16H21N3O. The number of ether oxygens (including phenoxy) is 1. The Morgan fingerprint density at radius 1 is 1.35 bits per heavy atom. The van der Waals surface area contributed by atoms with Crippen LogP contribution in [-0.2, 0) is 0 Å². The van der Waals surface area contributed by atoms with Gasteiger partial charge in [-0.25, -0.2) is 4.98 Å². The SMILES string of the molecule is COc1cccc2c(N3CCC(C(C)N)C3)nccc12. The third-order valence-electron chi connectivity index (χ3n) is 4.23. The number of nitrogens with zero attached hydrogens (tertiary/aromatic N) is 2. The molecule has 3 rings (SSSR count). The Balaban J connectivity index is 2.01.